The fraction of sp³-hybridized carbons (Fsp3) is 0.600. The van der Waals surface area contributed by atoms with Crippen LogP contribution in [0.25, 0.3) is 0 Å². The molecule has 0 radical (unpaired) electrons. The minimum absolute atomic E-state index is 0.0751. The molecule has 0 bridgehead atoms. The van der Waals surface area contributed by atoms with Crippen LogP contribution in [0, 0.1) is 11.8 Å². The van der Waals surface area contributed by atoms with E-state index in [-0.39, 0.29) is 5.92 Å². The topological polar surface area (TPSA) is 46.2 Å². The highest BCUT2D eigenvalue weighted by Crippen LogP contribution is 2.35. The number of hydrogen-bond donors (Lipinski definition) is 2. The zero-order valence-electron chi connectivity index (χ0n) is 8.40. The van der Waals surface area contributed by atoms with Gasteiger partial charge in [0.15, 0.2) is 0 Å². The Kier molecular flexibility index (Phi) is 4.38. The van der Waals surface area contributed by atoms with Crippen LogP contribution in [0.3, 0.4) is 0 Å². The van der Waals surface area contributed by atoms with Gasteiger partial charge in [-0.25, -0.2) is 0 Å². The summed E-state index contributed by atoms with van der Waals surface area (Å²) >= 11 is 7.43. The third kappa shape index (κ3) is 2.48. The van der Waals surface area contributed by atoms with Gasteiger partial charge in [-0.3, -0.25) is 0 Å². The van der Waals surface area contributed by atoms with Crippen molar-refractivity contribution < 1.29 is 5.11 Å². The van der Waals surface area contributed by atoms with Gasteiger partial charge < -0.3 is 10.8 Å². The largest absolute Gasteiger partial charge is 0.387 e. The van der Waals surface area contributed by atoms with E-state index in [0.29, 0.717) is 17.5 Å². The van der Waals surface area contributed by atoms with E-state index in [0.717, 1.165) is 4.88 Å². The molecular formula is C10H16ClNOS. The Labute approximate surface area is 93.7 Å². The van der Waals surface area contributed by atoms with Gasteiger partial charge in [0, 0.05) is 5.92 Å². The normalized spacial score (nSPS) is 15.9. The van der Waals surface area contributed by atoms with Crippen LogP contribution in [0.2, 0.25) is 5.02 Å². The number of halogens is 1. The Hall–Kier alpha value is -0.0900. The molecule has 1 aromatic rings. The molecule has 2 atom stereocenters. The first kappa shape index (κ1) is 12.0. The molecule has 4 heteroatoms. The fourth-order valence-corrected chi connectivity index (χ4v) is 2.71. The van der Waals surface area contributed by atoms with E-state index < -0.39 is 6.10 Å². The minimum atomic E-state index is -0.535. The van der Waals surface area contributed by atoms with Crippen LogP contribution in [0.1, 0.15) is 24.8 Å². The van der Waals surface area contributed by atoms with Gasteiger partial charge in [-0.15, -0.1) is 11.3 Å². The van der Waals surface area contributed by atoms with Crippen LogP contribution in [-0.4, -0.2) is 11.7 Å². The van der Waals surface area contributed by atoms with Crippen molar-refractivity contribution in [3.8, 4) is 0 Å². The van der Waals surface area contributed by atoms with Crippen molar-refractivity contribution in [2.75, 3.05) is 6.54 Å². The van der Waals surface area contributed by atoms with Crippen LogP contribution < -0.4 is 5.73 Å². The molecule has 0 aliphatic heterocycles. The zero-order valence-corrected chi connectivity index (χ0v) is 9.98. The van der Waals surface area contributed by atoms with Crippen LogP contribution in [0.15, 0.2) is 11.4 Å². The number of hydrogen-bond acceptors (Lipinski definition) is 3. The molecule has 2 nitrogen and oxygen atoms in total. The molecule has 1 aromatic heterocycles. The standard InChI is InChI=1S/C10H16ClNOS/c1-6(2)7(5-12)9(13)10-8(11)3-4-14-10/h3-4,6-7,9,13H,5,12H2,1-2H3. The summed E-state index contributed by atoms with van der Waals surface area (Å²) in [6.45, 7) is 4.59. The second kappa shape index (κ2) is 5.12. The molecule has 14 heavy (non-hydrogen) atoms. The van der Waals surface area contributed by atoms with Gasteiger partial charge in [-0.2, -0.15) is 0 Å². The summed E-state index contributed by atoms with van der Waals surface area (Å²) in [7, 11) is 0. The number of rotatable bonds is 4. The van der Waals surface area contributed by atoms with E-state index >= 15 is 0 Å². The fourth-order valence-electron chi connectivity index (χ4n) is 1.48. The zero-order chi connectivity index (χ0) is 10.7. The molecule has 2 unspecified atom stereocenters. The second-order valence-corrected chi connectivity index (χ2v) is 5.08. The van der Waals surface area contributed by atoms with Crippen LogP contribution in [0.5, 0.6) is 0 Å². The van der Waals surface area contributed by atoms with Crippen molar-refractivity contribution in [1.29, 1.82) is 0 Å². The molecule has 0 aliphatic carbocycles. The third-order valence-electron chi connectivity index (χ3n) is 2.45. The third-order valence-corrected chi connectivity index (χ3v) is 3.88. The van der Waals surface area contributed by atoms with Gasteiger partial charge in [-0.05, 0) is 23.9 Å². The summed E-state index contributed by atoms with van der Waals surface area (Å²) < 4.78 is 0. The van der Waals surface area contributed by atoms with Gasteiger partial charge in [-0.1, -0.05) is 25.4 Å². The van der Waals surface area contributed by atoms with Gasteiger partial charge in [0.1, 0.15) is 0 Å². The highest BCUT2D eigenvalue weighted by molar-refractivity contribution is 7.10. The quantitative estimate of drug-likeness (QED) is 0.840. The first-order valence-electron chi connectivity index (χ1n) is 4.69. The number of aliphatic hydroxyl groups excluding tert-OH is 1. The average Bonchev–Trinajstić information content (AvgIpc) is 2.51. The van der Waals surface area contributed by atoms with Gasteiger partial charge in [0.2, 0.25) is 0 Å². The monoisotopic (exact) mass is 233 g/mol. The maximum Gasteiger partial charge on any atom is 0.0939 e. The molecule has 1 rings (SSSR count). The van der Waals surface area contributed by atoms with E-state index in [4.69, 9.17) is 17.3 Å². The summed E-state index contributed by atoms with van der Waals surface area (Å²) in [4.78, 5) is 0.829. The molecule has 0 saturated heterocycles. The number of aliphatic hydroxyl groups is 1. The molecular weight excluding hydrogens is 218 g/mol. The first-order chi connectivity index (χ1) is 6.57. The van der Waals surface area contributed by atoms with Gasteiger partial charge >= 0.3 is 0 Å². The SMILES string of the molecule is CC(C)C(CN)C(O)c1sccc1Cl. The summed E-state index contributed by atoms with van der Waals surface area (Å²) in [5.74, 6) is 0.430. The van der Waals surface area contributed by atoms with Crippen molar-refractivity contribution in [2.45, 2.75) is 20.0 Å². The first-order valence-corrected chi connectivity index (χ1v) is 5.94. The molecule has 1 heterocycles. The predicted octanol–water partition coefficient (Wildman–Crippen LogP) is 2.67. The summed E-state index contributed by atoms with van der Waals surface area (Å²) in [5.41, 5.74) is 5.63. The second-order valence-electron chi connectivity index (χ2n) is 3.72. The van der Waals surface area contributed by atoms with E-state index in [1.807, 2.05) is 5.38 Å². The van der Waals surface area contributed by atoms with E-state index in [9.17, 15) is 5.11 Å². The highest BCUT2D eigenvalue weighted by atomic mass is 35.5. The molecule has 0 spiro atoms. The lowest BCUT2D eigenvalue weighted by Gasteiger charge is -2.24. The Bertz CT molecular complexity index is 287. The predicted molar refractivity (Wildman–Crippen MR) is 61.7 cm³/mol. The smallest absolute Gasteiger partial charge is 0.0939 e. The Morgan fingerprint density at radius 2 is 2.21 bits per heavy atom. The summed E-state index contributed by atoms with van der Waals surface area (Å²) in [6.07, 6.45) is -0.535. The lowest BCUT2D eigenvalue weighted by molar-refractivity contribution is 0.0893. The van der Waals surface area contributed by atoms with E-state index in [1.54, 1.807) is 6.07 Å². The lowest BCUT2D eigenvalue weighted by Crippen LogP contribution is -2.26. The molecule has 0 aliphatic rings. The van der Waals surface area contributed by atoms with Gasteiger partial charge in [0.05, 0.1) is 16.0 Å². The lowest BCUT2D eigenvalue weighted by atomic mass is 9.89. The van der Waals surface area contributed by atoms with Crippen molar-refractivity contribution in [1.82, 2.24) is 0 Å². The molecule has 0 saturated carbocycles. The van der Waals surface area contributed by atoms with Crippen LogP contribution in [0.4, 0.5) is 0 Å². The Balaban J connectivity index is 2.83. The Morgan fingerprint density at radius 1 is 1.57 bits per heavy atom. The average molecular weight is 234 g/mol. The van der Waals surface area contributed by atoms with Crippen LogP contribution >= 0.6 is 22.9 Å². The van der Waals surface area contributed by atoms with Crippen molar-refractivity contribution in [3.05, 3.63) is 21.3 Å². The summed E-state index contributed by atoms with van der Waals surface area (Å²) in [6, 6.07) is 1.80. The molecule has 3 N–H and O–H groups in total. The van der Waals surface area contributed by atoms with E-state index in [2.05, 4.69) is 13.8 Å². The maximum atomic E-state index is 10.1. The van der Waals surface area contributed by atoms with E-state index in [1.165, 1.54) is 11.3 Å². The maximum absolute atomic E-state index is 10.1. The van der Waals surface area contributed by atoms with Crippen molar-refractivity contribution >= 4 is 22.9 Å². The molecule has 0 fully saturated rings. The molecule has 0 aromatic carbocycles. The minimum Gasteiger partial charge on any atom is -0.387 e. The number of nitrogens with two attached hydrogens (primary N) is 1. The highest BCUT2D eigenvalue weighted by Gasteiger charge is 2.25. The number of thiophene rings is 1. The Morgan fingerprint density at radius 3 is 2.57 bits per heavy atom. The van der Waals surface area contributed by atoms with Gasteiger partial charge in [0.25, 0.3) is 0 Å². The molecule has 80 valence electrons. The van der Waals surface area contributed by atoms with Crippen LogP contribution in [-0.2, 0) is 0 Å². The van der Waals surface area contributed by atoms with Crippen molar-refractivity contribution in [3.63, 3.8) is 0 Å². The molecule has 0 amide bonds. The van der Waals surface area contributed by atoms with Crippen molar-refractivity contribution in [2.24, 2.45) is 17.6 Å². The summed E-state index contributed by atoms with van der Waals surface area (Å²) in [5, 5.41) is 12.6.